The summed E-state index contributed by atoms with van der Waals surface area (Å²) >= 11 is 6.12. The molecule has 0 unspecified atom stereocenters. The zero-order valence-electron chi connectivity index (χ0n) is 16.8. The molecule has 0 aliphatic carbocycles. The minimum atomic E-state index is 0.129. The van der Waals surface area contributed by atoms with Crippen molar-refractivity contribution in [1.82, 2.24) is 19.7 Å². The number of benzene rings is 2. The highest BCUT2D eigenvalue weighted by Crippen LogP contribution is 2.32. The molecule has 4 N–H and O–H groups in total. The quantitative estimate of drug-likeness (QED) is 0.358. The predicted octanol–water partition coefficient (Wildman–Crippen LogP) is 3.37. The fourth-order valence-corrected chi connectivity index (χ4v) is 4.21. The van der Waals surface area contributed by atoms with Gasteiger partial charge in [-0.2, -0.15) is 10.2 Å². The van der Waals surface area contributed by atoms with Crippen molar-refractivity contribution in [3.63, 3.8) is 0 Å². The van der Waals surface area contributed by atoms with Crippen molar-refractivity contribution < 1.29 is 9.79 Å². The third kappa shape index (κ3) is 3.73. The molecule has 0 saturated heterocycles. The number of anilines is 1. The van der Waals surface area contributed by atoms with E-state index in [-0.39, 0.29) is 6.61 Å². The van der Waals surface area contributed by atoms with Crippen molar-refractivity contribution in [3.8, 4) is 11.1 Å². The molecular formula is C23H22ClN6O+. The highest BCUT2D eigenvalue weighted by atomic mass is 35.5. The Bertz CT molecular complexity index is 1390. The summed E-state index contributed by atoms with van der Waals surface area (Å²) in [5.74, 6) is 0.433. The highest BCUT2D eigenvalue weighted by molar-refractivity contribution is 6.30. The lowest BCUT2D eigenvalue weighted by atomic mass is 10.0. The average Bonchev–Trinajstić information content (AvgIpc) is 3.33. The number of halogens is 1. The number of nitrogens with one attached hydrogen (secondary N) is 1. The van der Waals surface area contributed by atoms with Gasteiger partial charge in [-0.05, 0) is 48.7 Å². The molecule has 0 spiro atoms. The second-order valence-electron chi connectivity index (χ2n) is 7.58. The average molecular weight is 434 g/mol. The van der Waals surface area contributed by atoms with E-state index in [2.05, 4.69) is 51.7 Å². The van der Waals surface area contributed by atoms with E-state index < -0.39 is 0 Å². The summed E-state index contributed by atoms with van der Waals surface area (Å²) in [6, 6.07) is 16.2. The largest absolute Gasteiger partial charge is 0.396 e. The van der Waals surface area contributed by atoms with Crippen molar-refractivity contribution in [1.29, 1.82) is 0 Å². The first-order valence-electron chi connectivity index (χ1n) is 10.1. The van der Waals surface area contributed by atoms with E-state index in [0.717, 1.165) is 43.8 Å². The van der Waals surface area contributed by atoms with Gasteiger partial charge in [-0.3, -0.25) is 0 Å². The normalized spacial score (nSPS) is 11.5. The lowest BCUT2D eigenvalue weighted by molar-refractivity contribution is -0.740. The molecule has 31 heavy (non-hydrogen) atoms. The first-order chi connectivity index (χ1) is 15.1. The molecule has 2 aromatic carbocycles. The van der Waals surface area contributed by atoms with Crippen LogP contribution in [0.5, 0.6) is 0 Å². The first-order valence-corrected chi connectivity index (χ1v) is 10.5. The van der Waals surface area contributed by atoms with Crippen LogP contribution in [-0.4, -0.2) is 31.4 Å². The number of nitrogens with zero attached hydrogens (tertiary/aromatic N) is 4. The maximum Gasteiger partial charge on any atom is 0.203 e. The molecule has 0 aliphatic rings. The molecule has 0 fully saturated rings. The van der Waals surface area contributed by atoms with Gasteiger partial charge in [0.25, 0.3) is 0 Å². The van der Waals surface area contributed by atoms with E-state index in [4.69, 9.17) is 17.3 Å². The molecule has 3 heterocycles. The number of nitrogens with two attached hydrogens (primary N) is 1. The van der Waals surface area contributed by atoms with E-state index in [9.17, 15) is 5.11 Å². The number of hydrogen-bond donors (Lipinski definition) is 3. The molecule has 0 bridgehead atoms. The number of rotatable bonds is 6. The van der Waals surface area contributed by atoms with Crippen LogP contribution in [-0.2, 0) is 13.0 Å². The van der Waals surface area contributed by atoms with Crippen LogP contribution in [0, 0.1) is 0 Å². The number of aryl methyl sites for hydroxylation is 1. The Kier molecular flexibility index (Phi) is 5.05. The van der Waals surface area contributed by atoms with Gasteiger partial charge in [0.1, 0.15) is 17.4 Å². The van der Waals surface area contributed by atoms with Crippen molar-refractivity contribution in [2.24, 2.45) is 0 Å². The SMILES string of the molecule is Nc1ncnn2c(CCCO)cc(-c3ccc4c[n+](Cc5cccc(Cl)c5)[nH]c4c3)c12. The van der Waals surface area contributed by atoms with Crippen LogP contribution in [0.4, 0.5) is 5.82 Å². The third-order valence-electron chi connectivity index (χ3n) is 5.41. The van der Waals surface area contributed by atoms with Crippen LogP contribution in [0.25, 0.3) is 27.5 Å². The number of H-pyrrole nitrogens is 1. The fourth-order valence-electron chi connectivity index (χ4n) is 4.00. The van der Waals surface area contributed by atoms with Gasteiger partial charge in [-0.1, -0.05) is 29.8 Å². The molecular weight excluding hydrogens is 412 g/mol. The lowest BCUT2D eigenvalue weighted by Crippen LogP contribution is -2.35. The smallest absolute Gasteiger partial charge is 0.203 e. The van der Waals surface area contributed by atoms with Gasteiger partial charge in [0.2, 0.25) is 6.20 Å². The Balaban J connectivity index is 1.55. The molecule has 8 heteroatoms. The van der Waals surface area contributed by atoms with Gasteiger partial charge in [0.15, 0.2) is 12.4 Å². The highest BCUT2D eigenvalue weighted by Gasteiger charge is 2.17. The van der Waals surface area contributed by atoms with Gasteiger partial charge in [-0.15, -0.1) is 4.68 Å². The lowest BCUT2D eigenvalue weighted by Gasteiger charge is -2.03. The molecule has 156 valence electrons. The van der Waals surface area contributed by atoms with Crippen molar-refractivity contribution in [3.05, 3.63) is 77.3 Å². The Morgan fingerprint density at radius 3 is 2.90 bits per heavy atom. The number of fused-ring (bicyclic) bond motifs is 2. The van der Waals surface area contributed by atoms with Crippen LogP contribution >= 0.6 is 11.6 Å². The molecule has 0 amide bonds. The summed E-state index contributed by atoms with van der Waals surface area (Å²) in [7, 11) is 0. The molecule has 0 radical (unpaired) electrons. The predicted molar refractivity (Wildman–Crippen MR) is 121 cm³/mol. The topological polar surface area (TPSA) is 96.1 Å². The summed E-state index contributed by atoms with van der Waals surface area (Å²) in [5, 5.41) is 18.9. The van der Waals surface area contributed by atoms with Crippen molar-refractivity contribution in [2.45, 2.75) is 19.4 Å². The number of nitrogen functional groups attached to an aromatic ring is 1. The number of aliphatic hydroxyl groups excluding tert-OH is 1. The summed E-state index contributed by atoms with van der Waals surface area (Å²) in [4.78, 5) is 4.18. The third-order valence-corrected chi connectivity index (χ3v) is 5.65. The van der Waals surface area contributed by atoms with E-state index in [0.29, 0.717) is 25.2 Å². The minimum Gasteiger partial charge on any atom is -0.396 e. The molecule has 0 saturated carbocycles. The van der Waals surface area contributed by atoms with Gasteiger partial charge < -0.3 is 10.8 Å². The maximum atomic E-state index is 9.24. The van der Waals surface area contributed by atoms with Crippen molar-refractivity contribution >= 4 is 33.8 Å². The second-order valence-corrected chi connectivity index (χ2v) is 8.02. The first kappa shape index (κ1) is 19.5. The van der Waals surface area contributed by atoms with Gasteiger partial charge in [-0.25, -0.2) is 9.50 Å². The number of aromatic amines is 1. The summed E-state index contributed by atoms with van der Waals surface area (Å²) in [5.41, 5.74) is 12.1. The van der Waals surface area contributed by atoms with Crippen LogP contribution in [0.3, 0.4) is 0 Å². The maximum absolute atomic E-state index is 9.24. The van der Waals surface area contributed by atoms with E-state index >= 15 is 0 Å². The standard InChI is InChI=1S/C23H21ClN6O/c24-18-4-1-3-15(9-18)12-29-13-17-7-6-16(10-21(17)28-29)20-11-19(5-2-8-31)30-22(20)23(25)26-14-27-30/h1,3-4,6-7,9-11,13-14,31H,2,5,8,12H2,(H2,25,26,27)/p+1. The Hall–Kier alpha value is -3.42. The van der Waals surface area contributed by atoms with Crippen LogP contribution in [0.2, 0.25) is 5.02 Å². The molecule has 7 nitrogen and oxygen atoms in total. The molecule has 5 aromatic rings. The molecule has 5 rings (SSSR count). The van der Waals surface area contributed by atoms with E-state index in [1.54, 1.807) is 0 Å². The number of hydrogen-bond acceptors (Lipinski definition) is 4. The molecule has 0 aliphatic heterocycles. The van der Waals surface area contributed by atoms with Crippen molar-refractivity contribution in [2.75, 3.05) is 12.3 Å². The molecule has 3 aromatic heterocycles. The monoisotopic (exact) mass is 433 g/mol. The van der Waals surface area contributed by atoms with Crippen LogP contribution in [0.1, 0.15) is 17.7 Å². The zero-order valence-corrected chi connectivity index (χ0v) is 17.5. The van der Waals surface area contributed by atoms with Gasteiger partial charge in [0, 0.05) is 28.5 Å². The second kappa shape index (κ2) is 8.02. The number of aromatic nitrogens is 5. The minimum absolute atomic E-state index is 0.129. The Morgan fingerprint density at radius 1 is 1.16 bits per heavy atom. The van der Waals surface area contributed by atoms with Crippen LogP contribution < -0.4 is 10.4 Å². The summed E-state index contributed by atoms with van der Waals surface area (Å²) in [6.07, 6.45) is 4.91. The Labute approximate surface area is 183 Å². The van der Waals surface area contributed by atoms with E-state index in [1.807, 2.05) is 27.4 Å². The van der Waals surface area contributed by atoms with Gasteiger partial charge >= 0.3 is 0 Å². The Morgan fingerprint density at radius 2 is 2.06 bits per heavy atom. The van der Waals surface area contributed by atoms with E-state index in [1.165, 1.54) is 6.33 Å². The fraction of sp³-hybridized carbons (Fsp3) is 0.174. The van der Waals surface area contributed by atoms with Gasteiger partial charge in [0.05, 0.1) is 5.39 Å². The molecule has 0 atom stereocenters. The summed E-state index contributed by atoms with van der Waals surface area (Å²) < 4.78 is 3.87. The number of aliphatic hydroxyl groups is 1. The summed E-state index contributed by atoms with van der Waals surface area (Å²) in [6.45, 7) is 0.829. The van der Waals surface area contributed by atoms with Crippen LogP contribution in [0.15, 0.2) is 61.1 Å². The zero-order chi connectivity index (χ0) is 21.4.